The van der Waals surface area contributed by atoms with E-state index in [2.05, 4.69) is 31.3 Å². The molecule has 0 fully saturated rings. The summed E-state index contributed by atoms with van der Waals surface area (Å²) in [4.78, 5) is 22.7. The zero-order valence-corrected chi connectivity index (χ0v) is 27.5. The van der Waals surface area contributed by atoms with E-state index in [1.54, 1.807) is 50.6 Å². The van der Waals surface area contributed by atoms with Crippen molar-refractivity contribution in [3.05, 3.63) is 128 Å². The van der Waals surface area contributed by atoms with Gasteiger partial charge in [0.05, 0.1) is 20.8 Å². The monoisotopic (exact) mass is 699 g/mol. The summed E-state index contributed by atoms with van der Waals surface area (Å²) in [5.41, 5.74) is 11.0. The van der Waals surface area contributed by atoms with Crippen molar-refractivity contribution in [3.63, 3.8) is 0 Å². The Morgan fingerprint density at radius 2 is 1.79 bits per heavy atom. The summed E-state index contributed by atoms with van der Waals surface area (Å²) in [6.45, 7) is 0.593. The molecule has 0 aromatic heterocycles. The molecular formula is C35H34BrN5O6. The Morgan fingerprint density at radius 3 is 2.51 bits per heavy atom. The molecule has 11 nitrogen and oxygen atoms in total. The number of aliphatic hydroxyl groups is 1. The highest BCUT2D eigenvalue weighted by Gasteiger charge is 2.54. The van der Waals surface area contributed by atoms with Gasteiger partial charge in [-0.25, -0.2) is 4.99 Å². The number of nitrogens with zero attached hydrogens (tertiary/aromatic N) is 4. The lowest BCUT2D eigenvalue weighted by Crippen LogP contribution is -2.49. The molecule has 47 heavy (non-hydrogen) atoms. The van der Waals surface area contributed by atoms with Gasteiger partial charge >= 0.3 is 0 Å². The SMILES string of the molecule is COc1ccc(CNC(=O)[C@]2(Cc3ccccc3N=[N+]=[N-])N=C(c3ccc(OCCCO)cc3)O[C@@H]2c2ccccc2Br)cc1OC. The minimum atomic E-state index is -1.52. The highest BCUT2D eigenvalue weighted by atomic mass is 79.9. The highest BCUT2D eigenvalue weighted by Crippen LogP contribution is 2.45. The fourth-order valence-electron chi connectivity index (χ4n) is 5.37. The number of methoxy groups -OCH3 is 2. The van der Waals surface area contributed by atoms with Crippen LogP contribution in [0.15, 0.2) is 106 Å². The largest absolute Gasteiger partial charge is 0.494 e. The second-order valence-corrected chi connectivity index (χ2v) is 11.5. The second kappa shape index (κ2) is 15.5. The van der Waals surface area contributed by atoms with Crippen molar-refractivity contribution in [1.29, 1.82) is 0 Å². The number of ether oxygens (including phenoxy) is 4. The van der Waals surface area contributed by atoms with E-state index in [9.17, 15) is 10.3 Å². The maximum Gasteiger partial charge on any atom is 0.252 e. The lowest BCUT2D eigenvalue weighted by Gasteiger charge is -2.31. The summed E-state index contributed by atoms with van der Waals surface area (Å²) in [6.07, 6.45) is -0.278. The summed E-state index contributed by atoms with van der Waals surface area (Å²) in [5, 5.41) is 16.1. The molecule has 0 saturated carbocycles. The maximum absolute atomic E-state index is 14.7. The average Bonchev–Trinajstić information content (AvgIpc) is 3.48. The number of benzene rings is 4. The van der Waals surface area contributed by atoms with Crippen molar-refractivity contribution in [3.8, 4) is 17.2 Å². The fourth-order valence-corrected chi connectivity index (χ4v) is 5.86. The van der Waals surface area contributed by atoms with E-state index in [1.807, 2.05) is 54.6 Å². The van der Waals surface area contributed by atoms with Gasteiger partial charge in [0.25, 0.3) is 5.91 Å². The zero-order chi connectivity index (χ0) is 33.2. The Morgan fingerprint density at radius 1 is 1.04 bits per heavy atom. The van der Waals surface area contributed by atoms with Crippen molar-refractivity contribution in [2.75, 3.05) is 27.4 Å². The van der Waals surface area contributed by atoms with E-state index in [1.165, 1.54) is 0 Å². The van der Waals surface area contributed by atoms with Crippen molar-refractivity contribution < 1.29 is 28.8 Å². The van der Waals surface area contributed by atoms with Crippen LogP contribution in [-0.4, -0.2) is 49.9 Å². The van der Waals surface area contributed by atoms with Crippen LogP contribution in [0.4, 0.5) is 5.69 Å². The number of amides is 1. The molecule has 4 aromatic rings. The van der Waals surface area contributed by atoms with Crippen molar-refractivity contribution in [1.82, 2.24) is 5.32 Å². The number of aliphatic hydroxyl groups excluding tert-OH is 1. The number of nitrogens with one attached hydrogen (secondary N) is 1. The van der Waals surface area contributed by atoms with E-state index >= 15 is 0 Å². The molecule has 1 aliphatic heterocycles. The molecule has 0 saturated heterocycles. The predicted molar refractivity (Wildman–Crippen MR) is 181 cm³/mol. The number of carbonyl (C=O) groups is 1. The van der Waals surface area contributed by atoms with Gasteiger partial charge in [0, 0.05) is 52.2 Å². The van der Waals surface area contributed by atoms with Crippen LogP contribution in [0, 0.1) is 0 Å². The van der Waals surface area contributed by atoms with E-state index in [-0.39, 0.29) is 31.4 Å². The molecular weight excluding hydrogens is 666 g/mol. The molecule has 0 bridgehead atoms. The number of aliphatic imine (C=N–C) groups is 1. The lowest BCUT2D eigenvalue weighted by atomic mass is 9.81. The van der Waals surface area contributed by atoms with Crippen molar-refractivity contribution >= 4 is 33.4 Å². The third-order valence-corrected chi connectivity index (χ3v) is 8.44. The second-order valence-electron chi connectivity index (χ2n) is 10.7. The van der Waals surface area contributed by atoms with Crippen LogP contribution < -0.4 is 19.5 Å². The molecule has 0 unspecified atom stereocenters. The summed E-state index contributed by atoms with van der Waals surface area (Å²) in [5.74, 6) is 1.63. The number of hydrogen-bond acceptors (Lipinski definition) is 8. The average molecular weight is 701 g/mol. The van der Waals surface area contributed by atoms with E-state index in [0.29, 0.717) is 47.1 Å². The van der Waals surface area contributed by atoms with Crippen LogP contribution >= 0.6 is 15.9 Å². The van der Waals surface area contributed by atoms with Gasteiger partial charge in [-0.05, 0) is 59.1 Å². The van der Waals surface area contributed by atoms with Gasteiger partial charge in [-0.3, -0.25) is 4.79 Å². The molecule has 0 radical (unpaired) electrons. The molecule has 0 spiro atoms. The molecule has 242 valence electrons. The van der Waals surface area contributed by atoms with Gasteiger partial charge in [-0.1, -0.05) is 69.6 Å². The summed E-state index contributed by atoms with van der Waals surface area (Å²) in [7, 11) is 3.12. The first kappa shape index (κ1) is 33.3. The number of hydrogen-bond donors (Lipinski definition) is 2. The van der Waals surface area contributed by atoms with Crippen molar-refractivity contribution in [2.45, 2.75) is 31.0 Å². The first-order valence-corrected chi connectivity index (χ1v) is 15.7. The Hall–Kier alpha value is -5.03. The molecule has 1 heterocycles. The van der Waals surface area contributed by atoms with E-state index < -0.39 is 11.6 Å². The standard InChI is InChI=1S/C35H34BrN5O6/c1-44-30-17-12-23(20-31(30)45-2)22-38-34(43)35(21-25-8-3-6-11-29(25)40-41-37)32(27-9-4-5-10-28(27)36)47-33(39-35)24-13-15-26(16-14-24)46-19-7-18-42/h3-6,8-17,20,32,42H,7,18-19,21-22H2,1-2H3,(H,38,43)/t32-,35-/m1/s1. The lowest BCUT2D eigenvalue weighted by molar-refractivity contribution is -0.129. The van der Waals surface area contributed by atoms with Gasteiger partial charge in [-0.15, -0.1) is 0 Å². The van der Waals surface area contributed by atoms with Gasteiger partial charge in [-0.2, -0.15) is 0 Å². The first-order valence-electron chi connectivity index (χ1n) is 14.9. The van der Waals surface area contributed by atoms with E-state index in [4.69, 9.17) is 29.0 Å². The minimum absolute atomic E-state index is 0.0398. The Balaban J connectivity index is 1.60. The Bertz CT molecular complexity index is 1790. The molecule has 4 aromatic carbocycles. The normalized spacial score (nSPS) is 16.8. The summed E-state index contributed by atoms with van der Waals surface area (Å²) < 4.78 is 23.9. The molecule has 1 amide bonds. The van der Waals surface area contributed by atoms with Crippen molar-refractivity contribution in [2.24, 2.45) is 10.1 Å². The van der Waals surface area contributed by atoms with Crippen LogP contribution in [0.25, 0.3) is 10.4 Å². The number of carbonyl (C=O) groups excluding carboxylic acids is 1. The number of azide groups is 1. The van der Waals surface area contributed by atoms with Crippen LogP contribution in [-0.2, 0) is 22.5 Å². The van der Waals surface area contributed by atoms with Crippen LogP contribution in [0.1, 0.15) is 34.8 Å². The Labute approximate surface area is 280 Å². The van der Waals surface area contributed by atoms with Crippen LogP contribution in [0.2, 0.25) is 0 Å². The van der Waals surface area contributed by atoms with Gasteiger partial charge in [0.2, 0.25) is 5.90 Å². The molecule has 2 N–H and O–H groups in total. The smallest absolute Gasteiger partial charge is 0.252 e. The first-order chi connectivity index (χ1) is 22.9. The molecule has 2 atom stereocenters. The fraction of sp³-hybridized carbons (Fsp3) is 0.257. The highest BCUT2D eigenvalue weighted by molar-refractivity contribution is 9.10. The molecule has 5 rings (SSSR count). The quantitative estimate of drug-likeness (QED) is 0.0628. The number of halogens is 1. The Kier molecular flexibility index (Phi) is 11.0. The number of rotatable bonds is 14. The van der Waals surface area contributed by atoms with Crippen LogP contribution in [0.5, 0.6) is 17.2 Å². The topological polar surface area (TPSA) is 147 Å². The maximum atomic E-state index is 14.7. The predicted octanol–water partition coefficient (Wildman–Crippen LogP) is 6.99. The van der Waals surface area contributed by atoms with Gasteiger partial charge in [0.15, 0.2) is 23.1 Å². The molecule has 0 aliphatic carbocycles. The zero-order valence-electron chi connectivity index (χ0n) is 25.9. The van der Waals surface area contributed by atoms with Gasteiger partial charge in [0.1, 0.15) is 5.75 Å². The minimum Gasteiger partial charge on any atom is -0.494 e. The van der Waals surface area contributed by atoms with E-state index in [0.717, 1.165) is 15.6 Å². The molecule has 12 heteroatoms. The molecule has 1 aliphatic rings. The third-order valence-electron chi connectivity index (χ3n) is 7.72. The summed E-state index contributed by atoms with van der Waals surface area (Å²) >= 11 is 3.66. The van der Waals surface area contributed by atoms with Gasteiger partial charge < -0.3 is 29.4 Å². The summed E-state index contributed by atoms with van der Waals surface area (Å²) in [6, 6.07) is 27.3. The third kappa shape index (κ3) is 7.52. The van der Waals surface area contributed by atoms with Crippen LogP contribution in [0.3, 0.4) is 0 Å².